The van der Waals surface area contributed by atoms with Crippen LogP contribution in [0.3, 0.4) is 0 Å². The maximum atomic E-state index is 12.5. The van der Waals surface area contributed by atoms with E-state index >= 15 is 0 Å². The topological polar surface area (TPSA) is 65.7 Å². The van der Waals surface area contributed by atoms with E-state index in [-0.39, 0.29) is 18.1 Å². The Morgan fingerprint density at radius 2 is 1.96 bits per heavy atom. The largest absolute Gasteiger partial charge is 0.394 e. The van der Waals surface area contributed by atoms with Crippen LogP contribution >= 0.6 is 0 Å². The third-order valence-corrected chi connectivity index (χ3v) is 4.96. The number of fused-ring (bicyclic) bond motifs is 1. The van der Waals surface area contributed by atoms with E-state index in [4.69, 9.17) is 5.11 Å². The Morgan fingerprint density at radius 1 is 1.26 bits per heavy atom. The molecule has 5 heteroatoms. The number of hydrogen-bond acceptors (Lipinski definition) is 4. The SMILES string of the molecule is Cn1c(=O)c(CN2CCC(C(O)CO)CC2)cc2ccccc21. The highest BCUT2D eigenvalue weighted by Gasteiger charge is 2.25. The van der Waals surface area contributed by atoms with E-state index in [1.807, 2.05) is 37.4 Å². The summed E-state index contributed by atoms with van der Waals surface area (Å²) in [6, 6.07) is 9.91. The fourth-order valence-electron chi connectivity index (χ4n) is 3.49. The molecule has 3 rings (SSSR count). The third kappa shape index (κ3) is 3.32. The molecule has 0 spiro atoms. The van der Waals surface area contributed by atoms with Crippen molar-refractivity contribution in [2.75, 3.05) is 19.7 Å². The second-order valence-corrected chi connectivity index (χ2v) is 6.46. The van der Waals surface area contributed by atoms with Crippen molar-refractivity contribution in [3.05, 3.63) is 46.2 Å². The molecule has 1 fully saturated rings. The number of benzene rings is 1. The molecule has 0 radical (unpaired) electrons. The Morgan fingerprint density at radius 3 is 2.65 bits per heavy atom. The first-order valence-corrected chi connectivity index (χ1v) is 8.19. The lowest BCUT2D eigenvalue weighted by atomic mass is 9.91. The number of aliphatic hydroxyl groups excluding tert-OH is 2. The second-order valence-electron chi connectivity index (χ2n) is 6.46. The van der Waals surface area contributed by atoms with Gasteiger partial charge in [-0.2, -0.15) is 0 Å². The van der Waals surface area contributed by atoms with Crippen LogP contribution in [0.4, 0.5) is 0 Å². The van der Waals surface area contributed by atoms with Crippen LogP contribution in [0.15, 0.2) is 35.1 Å². The van der Waals surface area contributed by atoms with Gasteiger partial charge in [0.25, 0.3) is 5.56 Å². The van der Waals surface area contributed by atoms with Crippen LogP contribution in [0.1, 0.15) is 18.4 Å². The molecule has 1 aliphatic heterocycles. The molecule has 124 valence electrons. The number of pyridine rings is 1. The monoisotopic (exact) mass is 316 g/mol. The van der Waals surface area contributed by atoms with Crippen LogP contribution in [0.25, 0.3) is 10.9 Å². The number of nitrogens with zero attached hydrogens (tertiary/aromatic N) is 2. The van der Waals surface area contributed by atoms with Crippen molar-refractivity contribution in [2.24, 2.45) is 13.0 Å². The van der Waals surface area contributed by atoms with E-state index in [1.54, 1.807) is 4.57 Å². The summed E-state index contributed by atoms with van der Waals surface area (Å²) in [7, 11) is 1.82. The molecule has 2 heterocycles. The van der Waals surface area contributed by atoms with Crippen LogP contribution in [0, 0.1) is 5.92 Å². The molecule has 1 unspecified atom stereocenters. The lowest BCUT2D eigenvalue weighted by Crippen LogP contribution is -2.39. The Balaban J connectivity index is 1.75. The number of aliphatic hydroxyl groups is 2. The van der Waals surface area contributed by atoms with E-state index < -0.39 is 6.10 Å². The highest BCUT2D eigenvalue weighted by molar-refractivity contribution is 5.79. The highest BCUT2D eigenvalue weighted by atomic mass is 16.3. The van der Waals surface area contributed by atoms with Gasteiger partial charge in [0.05, 0.1) is 18.2 Å². The molecule has 0 saturated carbocycles. The predicted molar refractivity (Wildman–Crippen MR) is 90.3 cm³/mol. The minimum absolute atomic E-state index is 0.0567. The first-order chi connectivity index (χ1) is 11.1. The molecule has 1 saturated heterocycles. The average molecular weight is 316 g/mol. The fourth-order valence-corrected chi connectivity index (χ4v) is 3.49. The fraction of sp³-hybridized carbons (Fsp3) is 0.500. The highest BCUT2D eigenvalue weighted by Crippen LogP contribution is 2.22. The van der Waals surface area contributed by atoms with Crippen molar-refractivity contribution < 1.29 is 10.2 Å². The molecule has 2 N–H and O–H groups in total. The Bertz CT molecular complexity index is 733. The number of aryl methyl sites for hydroxylation is 1. The zero-order valence-corrected chi connectivity index (χ0v) is 13.5. The molecule has 1 atom stereocenters. The van der Waals surface area contributed by atoms with Crippen LogP contribution in [-0.2, 0) is 13.6 Å². The Hall–Kier alpha value is -1.69. The zero-order valence-electron chi connectivity index (χ0n) is 13.5. The summed E-state index contributed by atoms with van der Waals surface area (Å²) in [5.74, 6) is 0.163. The zero-order chi connectivity index (χ0) is 16.4. The van der Waals surface area contributed by atoms with Crippen molar-refractivity contribution in [3.63, 3.8) is 0 Å². The first-order valence-electron chi connectivity index (χ1n) is 8.19. The number of piperidine rings is 1. The number of para-hydroxylation sites is 1. The second kappa shape index (κ2) is 6.83. The minimum Gasteiger partial charge on any atom is -0.394 e. The predicted octanol–water partition coefficient (Wildman–Crippen LogP) is 1.10. The van der Waals surface area contributed by atoms with E-state index in [9.17, 15) is 9.90 Å². The third-order valence-electron chi connectivity index (χ3n) is 4.96. The van der Waals surface area contributed by atoms with Gasteiger partial charge in [0.15, 0.2) is 0 Å². The number of likely N-dealkylation sites (tertiary alicyclic amines) is 1. The number of aromatic nitrogens is 1. The molecule has 23 heavy (non-hydrogen) atoms. The maximum Gasteiger partial charge on any atom is 0.255 e. The normalized spacial score (nSPS) is 18.4. The van der Waals surface area contributed by atoms with Crippen molar-refractivity contribution in [1.29, 1.82) is 0 Å². The molecule has 0 aliphatic carbocycles. The average Bonchev–Trinajstić information content (AvgIpc) is 2.59. The summed E-state index contributed by atoms with van der Waals surface area (Å²) in [5, 5.41) is 19.9. The summed E-state index contributed by atoms with van der Waals surface area (Å²) in [6.45, 7) is 2.16. The number of rotatable bonds is 4. The molecule has 1 aliphatic rings. The summed E-state index contributed by atoms with van der Waals surface area (Å²) >= 11 is 0. The summed E-state index contributed by atoms with van der Waals surface area (Å²) in [6.07, 6.45) is 1.09. The molecule has 1 aromatic heterocycles. The van der Waals surface area contributed by atoms with E-state index in [1.165, 1.54) is 0 Å². The molecular weight excluding hydrogens is 292 g/mol. The van der Waals surface area contributed by atoms with Gasteiger partial charge in [-0.25, -0.2) is 0 Å². The Kier molecular flexibility index (Phi) is 4.80. The van der Waals surface area contributed by atoms with Gasteiger partial charge in [-0.05, 0) is 49.4 Å². The van der Waals surface area contributed by atoms with Crippen molar-refractivity contribution in [3.8, 4) is 0 Å². The van der Waals surface area contributed by atoms with Gasteiger partial charge in [-0.1, -0.05) is 18.2 Å². The summed E-state index contributed by atoms with van der Waals surface area (Å²) in [4.78, 5) is 14.8. The molecule has 2 aromatic rings. The smallest absolute Gasteiger partial charge is 0.255 e. The van der Waals surface area contributed by atoms with Crippen molar-refractivity contribution in [1.82, 2.24) is 9.47 Å². The van der Waals surface area contributed by atoms with Gasteiger partial charge < -0.3 is 14.8 Å². The van der Waals surface area contributed by atoms with Gasteiger partial charge in [0.2, 0.25) is 0 Å². The lowest BCUT2D eigenvalue weighted by molar-refractivity contribution is 0.0171. The van der Waals surface area contributed by atoms with Crippen LogP contribution < -0.4 is 5.56 Å². The first kappa shape index (κ1) is 16.2. The van der Waals surface area contributed by atoms with Crippen LogP contribution in [0.5, 0.6) is 0 Å². The van der Waals surface area contributed by atoms with Gasteiger partial charge >= 0.3 is 0 Å². The van der Waals surface area contributed by atoms with Gasteiger partial charge in [-0.15, -0.1) is 0 Å². The van der Waals surface area contributed by atoms with Crippen LogP contribution in [0.2, 0.25) is 0 Å². The minimum atomic E-state index is -0.620. The Labute approximate surface area is 135 Å². The van der Waals surface area contributed by atoms with Crippen molar-refractivity contribution in [2.45, 2.75) is 25.5 Å². The molecule has 0 bridgehead atoms. The van der Waals surface area contributed by atoms with E-state index in [2.05, 4.69) is 4.90 Å². The van der Waals surface area contributed by atoms with Gasteiger partial charge in [0.1, 0.15) is 0 Å². The summed E-state index contributed by atoms with van der Waals surface area (Å²) in [5.41, 5.74) is 1.82. The number of hydrogen-bond donors (Lipinski definition) is 2. The molecule has 5 nitrogen and oxygen atoms in total. The molecule has 1 aromatic carbocycles. The summed E-state index contributed by atoms with van der Waals surface area (Å²) < 4.78 is 1.72. The maximum absolute atomic E-state index is 12.5. The van der Waals surface area contributed by atoms with Crippen molar-refractivity contribution >= 4 is 10.9 Å². The quantitative estimate of drug-likeness (QED) is 0.887. The standard InChI is InChI=1S/C18H24N2O3/c1-19-16-5-3-2-4-14(16)10-15(18(19)23)11-20-8-6-13(7-9-20)17(22)12-21/h2-5,10,13,17,21-22H,6-9,11-12H2,1H3. The van der Waals surface area contributed by atoms with Gasteiger partial charge in [-0.3, -0.25) is 9.69 Å². The lowest BCUT2D eigenvalue weighted by Gasteiger charge is -2.33. The molecular formula is C18H24N2O3. The van der Waals surface area contributed by atoms with E-state index in [0.717, 1.165) is 42.4 Å². The van der Waals surface area contributed by atoms with Crippen LogP contribution in [-0.4, -0.2) is 45.5 Å². The van der Waals surface area contributed by atoms with Gasteiger partial charge in [0, 0.05) is 19.2 Å². The van der Waals surface area contributed by atoms with E-state index in [0.29, 0.717) is 6.54 Å². The molecule has 0 amide bonds.